The molecule has 0 amide bonds. The number of aliphatic hydroxyl groups is 1. The molecule has 3 nitrogen and oxygen atoms in total. The Balaban J connectivity index is 3.43. The highest BCUT2D eigenvalue weighted by Crippen LogP contribution is 2.08. The minimum absolute atomic E-state index is 0.00822. The maximum Gasteiger partial charge on any atom is 0.308 e. The van der Waals surface area contributed by atoms with E-state index >= 15 is 0 Å². The Hall–Kier alpha value is -1.35. The fourth-order valence-electron chi connectivity index (χ4n) is 2.03. The minimum Gasteiger partial charge on any atom is -0.469 e. The Labute approximate surface area is 135 Å². The Morgan fingerprint density at radius 1 is 1.00 bits per heavy atom. The molecule has 126 valence electrons. The van der Waals surface area contributed by atoms with Gasteiger partial charge >= 0.3 is 5.97 Å². The molecule has 0 heterocycles. The van der Waals surface area contributed by atoms with E-state index in [0.29, 0.717) is 0 Å². The fraction of sp³-hybridized carbons (Fsp3) is 0.632. The Morgan fingerprint density at radius 3 is 2.27 bits per heavy atom. The molecule has 0 aliphatic carbocycles. The predicted molar refractivity (Wildman–Crippen MR) is 92.7 cm³/mol. The summed E-state index contributed by atoms with van der Waals surface area (Å²) in [6.45, 7) is 2.17. The second-order valence-electron chi connectivity index (χ2n) is 5.39. The molecule has 0 aromatic heterocycles. The summed E-state index contributed by atoms with van der Waals surface area (Å²) in [7, 11) is 1.32. The molecule has 0 spiro atoms. The third-order valence-electron chi connectivity index (χ3n) is 3.33. The molecule has 0 saturated heterocycles. The van der Waals surface area contributed by atoms with Gasteiger partial charge in [-0.15, -0.1) is 0 Å². The van der Waals surface area contributed by atoms with Gasteiger partial charge in [-0.25, -0.2) is 0 Å². The van der Waals surface area contributed by atoms with Crippen molar-refractivity contribution in [1.82, 2.24) is 0 Å². The molecule has 0 saturated carbocycles. The maximum atomic E-state index is 10.9. The lowest BCUT2D eigenvalue weighted by atomic mass is 10.1. The number of rotatable bonds is 13. The average Bonchev–Trinajstić information content (AvgIpc) is 2.51. The van der Waals surface area contributed by atoms with Crippen LogP contribution in [0.2, 0.25) is 0 Å². The number of hydrogen-bond donors (Lipinski definition) is 1. The van der Waals surface area contributed by atoms with Crippen LogP contribution < -0.4 is 0 Å². The average molecular weight is 308 g/mol. The van der Waals surface area contributed by atoms with E-state index in [9.17, 15) is 9.90 Å². The first-order valence-electron chi connectivity index (χ1n) is 8.44. The molecule has 22 heavy (non-hydrogen) atoms. The van der Waals surface area contributed by atoms with E-state index in [1.807, 2.05) is 6.08 Å². The molecule has 0 aromatic carbocycles. The van der Waals surface area contributed by atoms with Crippen LogP contribution in [0.3, 0.4) is 0 Å². The summed E-state index contributed by atoms with van der Waals surface area (Å²) in [5, 5.41) is 9.50. The van der Waals surface area contributed by atoms with E-state index in [1.54, 1.807) is 12.2 Å². The second-order valence-corrected chi connectivity index (χ2v) is 5.39. The zero-order valence-electron chi connectivity index (χ0n) is 14.2. The molecule has 0 bridgehead atoms. The highest BCUT2D eigenvalue weighted by Gasteiger charge is 2.06. The SMILES string of the molecule is CCC=CCCCCCCCC=C/C=C/[C@H](O)CC(=O)OC. The van der Waals surface area contributed by atoms with Crippen LogP contribution in [-0.4, -0.2) is 24.3 Å². The van der Waals surface area contributed by atoms with Crippen molar-refractivity contribution in [1.29, 1.82) is 0 Å². The van der Waals surface area contributed by atoms with Gasteiger partial charge in [0.1, 0.15) is 0 Å². The predicted octanol–water partition coefficient (Wildman–Crippen LogP) is 4.72. The number of unbranched alkanes of at least 4 members (excludes halogenated alkanes) is 6. The van der Waals surface area contributed by atoms with Crippen molar-refractivity contribution in [2.24, 2.45) is 0 Å². The molecule has 0 rings (SSSR count). The van der Waals surface area contributed by atoms with Crippen LogP contribution in [-0.2, 0) is 9.53 Å². The number of ether oxygens (including phenoxy) is 1. The number of allylic oxidation sites excluding steroid dienone is 5. The zero-order chi connectivity index (χ0) is 16.5. The third kappa shape index (κ3) is 15.0. The van der Waals surface area contributed by atoms with Crippen molar-refractivity contribution in [2.45, 2.75) is 70.8 Å². The third-order valence-corrected chi connectivity index (χ3v) is 3.33. The molecule has 0 aliphatic rings. The molecule has 3 heteroatoms. The summed E-state index contributed by atoms with van der Waals surface area (Å²) < 4.78 is 4.49. The smallest absolute Gasteiger partial charge is 0.308 e. The highest BCUT2D eigenvalue weighted by atomic mass is 16.5. The molecule has 0 fully saturated rings. The number of esters is 1. The van der Waals surface area contributed by atoms with Crippen molar-refractivity contribution in [3.63, 3.8) is 0 Å². The lowest BCUT2D eigenvalue weighted by Crippen LogP contribution is -2.11. The van der Waals surface area contributed by atoms with Gasteiger partial charge in [-0.3, -0.25) is 4.79 Å². The molecular formula is C19H32O3. The first-order chi connectivity index (χ1) is 10.7. The topological polar surface area (TPSA) is 46.5 Å². The van der Waals surface area contributed by atoms with Crippen LogP contribution in [0.25, 0.3) is 0 Å². The standard InChI is InChI=1S/C19H32O3/c1-3-4-5-6-7-8-9-10-11-12-13-14-15-16-18(20)17-19(21)22-2/h4-5,13-16,18,20H,3,6-12,17H2,1-2H3/b5-4?,14-13?,16-15+/t18-/m0/s1. The van der Waals surface area contributed by atoms with Crippen LogP contribution in [0, 0.1) is 0 Å². The van der Waals surface area contributed by atoms with Gasteiger partial charge in [0.15, 0.2) is 0 Å². The van der Waals surface area contributed by atoms with Crippen molar-refractivity contribution in [3.8, 4) is 0 Å². The zero-order valence-corrected chi connectivity index (χ0v) is 14.2. The molecule has 0 aliphatic heterocycles. The first kappa shape index (κ1) is 20.6. The monoisotopic (exact) mass is 308 g/mol. The molecule has 1 atom stereocenters. The Kier molecular flexibility index (Phi) is 15.0. The largest absolute Gasteiger partial charge is 0.469 e. The molecule has 0 aromatic rings. The Bertz CT molecular complexity index is 343. The highest BCUT2D eigenvalue weighted by molar-refractivity contribution is 5.70. The van der Waals surface area contributed by atoms with Crippen molar-refractivity contribution >= 4 is 5.97 Å². The van der Waals surface area contributed by atoms with Gasteiger partial charge in [0.25, 0.3) is 0 Å². The molecule has 0 radical (unpaired) electrons. The van der Waals surface area contributed by atoms with Crippen LogP contribution in [0.5, 0.6) is 0 Å². The van der Waals surface area contributed by atoms with E-state index in [-0.39, 0.29) is 6.42 Å². The lowest BCUT2D eigenvalue weighted by molar-refractivity contribution is -0.142. The van der Waals surface area contributed by atoms with Gasteiger partial charge < -0.3 is 9.84 Å². The van der Waals surface area contributed by atoms with E-state index in [1.165, 1.54) is 45.6 Å². The van der Waals surface area contributed by atoms with E-state index in [4.69, 9.17) is 0 Å². The van der Waals surface area contributed by atoms with Crippen molar-refractivity contribution in [2.75, 3.05) is 7.11 Å². The maximum absolute atomic E-state index is 10.9. The Morgan fingerprint density at radius 2 is 1.64 bits per heavy atom. The number of aliphatic hydroxyl groups excluding tert-OH is 1. The fourth-order valence-corrected chi connectivity index (χ4v) is 2.03. The normalized spacial score (nSPS) is 13.4. The van der Waals surface area contributed by atoms with Gasteiger partial charge in [-0.2, -0.15) is 0 Å². The molecule has 1 N–H and O–H groups in total. The number of carbonyl (C=O) groups excluding carboxylic acids is 1. The minimum atomic E-state index is -0.765. The number of hydrogen-bond acceptors (Lipinski definition) is 3. The van der Waals surface area contributed by atoms with Crippen LogP contribution in [0.15, 0.2) is 36.5 Å². The van der Waals surface area contributed by atoms with Crippen molar-refractivity contribution < 1.29 is 14.6 Å². The van der Waals surface area contributed by atoms with Crippen LogP contribution in [0.1, 0.15) is 64.7 Å². The van der Waals surface area contributed by atoms with Gasteiger partial charge in [-0.1, -0.05) is 62.6 Å². The van der Waals surface area contributed by atoms with E-state index in [0.717, 1.165) is 12.8 Å². The van der Waals surface area contributed by atoms with Gasteiger partial charge in [0.05, 0.1) is 19.6 Å². The van der Waals surface area contributed by atoms with Gasteiger partial charge in [0.2, 0.25) is 0 Å². The van der Waals surface area contributed by atoms with Crippen LogP contribution in [0.4, 0.5) is 0 Å². The summed E-state index contributed by atoms with van der Waals surface area (Å²) >= 11 is 0. The van der Waals surface area contributed by atoms with Gasteiger partial charge in [-0.05, 0) is 32.1 Å². The molecular weight excluding hydrogens is 276 g/mol. The summed E-state index contributed by atoms with van der Waals surface area (Å²) in [4.78, 5) is 10.9. The molecule has 0 unspecified atom stereocenters. The summed E-state index contributed by atoms with van der Waals surface area (Å²) in [5.41, 5.74) is 0. The first-order valence-corrected chi connectivity index (χ1v) is 8.44. The second kappa shape index (κ2) is 16.0. The van der Waals surface area contributed by atoms with Gasteiger partial charge in [0, 0.05) is 0 Å². The van der Waals surface area contributed by atoms with Crippen molar-refractivity contribution in [3.05, 3.63) is 36.5 Å². The lowest BCUT2D eigenvalue weighted by Gasteiger charge is -2.01. The number of methoxy groups -OCH3 is 1. The quantitative estimate of drug-likeness (QED) is 0.232. The summed E-state index contributed by atoms with van der Waals surface area (Å²) in [6.07, 6.45) is 21.0. The number of carbonyl (C=O) groups is 1. The summed E-state index contributed by atoms with van der Waals surface area (Å²) in [6, 6.07) is 0. The van der Waals surface area contributed by atoms with E-state index < -0.39 is 12.1 Å². The summed E-state index contributed by atoms with van der Waals surface area (Å²) in [5.74, 6) is -0.397. The van der Waals surface area contributed by atoms with Crippen LogP contribution >= 0.6 is 0 Å². The van der Waals surface area contributed by atoms with E-state index in [2.05, 4.69) is 29.9 Å².